The van der Waals surface area contributed by atoms with Gasteiger partial charge in [0.2, 0.25) is 0 Å². The van der Waals surface area contributed by atoms with E-state index in [2.05, 4.69) is 35.8 Å². The maximum atomic E-state index is 11.6. The number of benzene rings is 1. The second-order valence-corrected chi connectivity index (χ2v) is 5.71. The van der Waals surface area contributed by atoms with Crippen molar-refractivity contribution in [1.82, 2.24) is 4.57 Å². The molecule has 2 nitrogen and oxygen atoms in total. The highest BCUT2D eigenvalue weighted by Gasteiger charge is 2.29. The summed E-state index contributed by atoms with van der Waals surface area (Å²) >= 11 is 1.89. The number of aromatic nitrogens is 1. The second-order valence-electron chi connectivity index (χ2n) is 4.65. The van der Waals surface area contributed by atoms with Crippen molar-refractivity contribution in [2.45, 2.75) is 25.0 Å². The van der Waals surface area contributed by atoms with E-state index in [9.17, 15) is 4.79 Å². The Hall–Kier alpha value is -1.48. The molecule has 0 saturated heterocycles. The van der Waals surface area contributed by atoms with Gasteiger partial charge in [0.15, 0.2) is 5.78 Å². The summed E-state index contributed by atoms with van der Waals surface area (Å²) in [6, 6.07) is 12.5. The van der Waals surface area contributed by atoms with Crippen LogP contribution in [0.1, 0.15) is 39.6 Å². The van der Waals surface area contributed by atoms with Gasteiger partial charge in [0.1, 0.15) is 5.37 Å². The molecule has 0 radical (unpaired) electrons. The predicted molar refractivity (Wildman–Crippen MR) is 75.0 cm³/mol. The van der Waals surface area contributed by atoms with Gasteiger partial charge in [-0.05, 0) is 25.5 Å². The van der Waals surface area contributed by atoms with E-state index in [1.54, 1.807) is 6.92 Å². The number of nitrogens with zero attached hydrogens (tertiary/aromatic N) is 1. The lowest BCUT2D eigenvalue weighted by Crippen LogP contribution is -2.05. The second kappa shape index (κ2) is 4.32. The highest BCUT2D eigenvalue weighted by Crippen LogP contribution is 2.43. The van der Waals surface area contributed by atoms with E-state index in [4.69, 9.17) is 0 Å². The molecule has 0 fully saturated rings. The zero-order valence-electron chi connectivity index (χ0n) is 10.5. The van der Waals surface area contributed by atoms with Gasteiger partial charge in [-0.1, -0.05) is 30.3 Å². The molecule has 0 N–H and O–H groups in total. The fourth-order valence-electron chi connectivity index (χ4n) is 2.58. The topological polar surface area (TPSA) is 22.0 Å². The number of ketones is 1. The summed E-state index contributed by atoms with van der Waals surface area (Å²) in [6.07, 6.45) is 0. The minimum absolute atomic E-state index is 0.168. The van der Waals surface area contributed by atoms with Gasteiger partial charge in [-0.3, -0.25) is 4.79 Å². The third-order valence-electron chi connectivity index (χ3n) is 3.41. The molecule has 0 unspecified atom stereocenters. The van der Waals surface area contributed by atoms with E-state index < -0.39 is 0 Å². The maximum Gasteiger partial charge on any atom is 0.161 e. The fraction of sp³-hybridized carbons (Fsp3) is 0.267. The molecule has 2 aromatic rings. The molecular weight excluding hydrogens is 242 g/mol. The largest absolute Gasteiger partial charge is 0.331 e. The molecule has 1 aromatic heterocycles. The number of carbonyl (C=O) groups is 1. The van der Waals surface area contributed by atoms with Crippen LogP contribution in [0.2, 0.25) is 0 Å². The Kier molecular flexibility index (Phi) is 2.78. The van der Waals surface area contributed by atoms with Crippen molar-refractivity contribution >= 4 is 17.5 Å². The van der Waals surface area contributed by atoms with Crippen LogP contribution in [0.3, 0.4) is 0 Å². The lowest BCUT2D eigenvalue weighted by atomic mass is 10.2. The number of hydrogen-bond donors (Lipinski definition) is 0. The molecule has 3 heteroatoms. The molecule has 18 heavy (non-hydrogen) atoms. The van der Waals surface area contributed by atoms with E-state index in [1.165, 1.54) is 17.0 Å². The van der Waals surface area contributed by atoms with Gasteiger partial charge in [-0.2, -0.15) is 0 Å². The van der Waals surface area contributed by atoms with Crippen molar-refractivity contribution in [3.05, 3.63) is 58.9 Å². The van der Waals surface area contributed by atoms with Crippen LogP contribution in [-0.2, 0) is 5.75 Å². The zero-order chi connectivity index (χ0) is 12.7. The number of aryl methyl sites for hydroxylation is 1. The molecule has 92 valence electrons. The summed E-state index contributed by atoms with van der Waals surface area (Å²) < 4.78 is 2.30. The predicted octanol–water partition coefficient (Wildman–Crippen LogP) is 3.79. The summed E-state index contributed by atoms with van der Waals surface area (Å²) in [6.45, 7) is 3.73. The van der Waals surface area contributed by atoms with Gasteiger partial charge in [0.05, 0.1) is 0 Å². The van der Waals surface area contributed by atoms with E-state index >= 15 is 0 Å². The lowest BCUT2D eigenvalue weighted by molar-refractivity contribution is 0.101. The average Bonchev–Trinajstić information content (AvgIpc) is 2.92. The van der Waals surface area contributed by atoms with Gasteiger partial charge >= 0.3 is 0 Å². The molecule has 0 bridgehead atoms. The van der Waals surface area contributed by atoms with Crippen molar-refractivity contribution in [1.29, 1.82) is 0 Å². The first-order valence-electron chi connectivity index (χ1n) is 6.06. The normalized spacial score (nSPS) is 17.8. The molecule has 3 rings (SSSR count). The van der Waals surface area contributed by atoms with E-state index in [0.717, 1.165) is 11.3 Å². The van der Waals surface area contributed by atoms with Crippen molar-refractivity contribution in [3.63, 3.8) is 0 Å². The summed E-state index contributed by atoms with van der Waals surface area (Å²) in [5.74, 6) is 1.09. The van der Waals surface area contributed by atoms with Crippen LogP contribution in [0.15, 0.2) is 36.4 Å². The quantitative estimate of drug-likeness (QED) is 0.763. The first-order valence-corrected chi connectivity index (χ1v) is 7.11. The highest BCUT2D eigenvalue weighted by molar-refractivity contribution is 7.99. The fourth-order valence-corrected chi connectivity index (χ4v) is 3.98. The minimum Gasteiger partial charge on any atom is -0.331 e. The van der Waals surface area contributed by atoms with Gasteiger partial charge in [0.25, 0.3) is 0 Å². The van der Waals surface area contributed by atoms with Gasteiger partial charge in [-0.15, -0.1) is 11.8 Å². The Balaban J connectivity index is 2.10. The lowest BCUT2D eigenvalue weighted by Gasteiger charge is -2.15. The maximum absolute atomic E-state index is 11.6. The molecule has 0 spiro atoms. The van der Waals surface area contributed by atoms with Crippen LogP contribution in [0, 0.1) is 6.92 Å². The molecule has 1 aromatic carbocycles. The number of carbonyl (C=O) groups excluding carboxylic acids is 1. The average molecular weight is 257 g/mol. The summed E-state index contributed by atoms with van der Waals surface area (Å²) in [5, 5.41) is 0.314. The molecule has 1 aliphatic rings. The third-order valence-corrected chi connectivity index (χ3v) is 4.65. The van der Waals surface area contributed by atoms with Crippen molar-refractivity contribution < 1.29 is 4.79 Å². The molecule has 1 aliphatic heterocycles. The van der Waals surface area contributed by atoms with Crippen molar-refractivity contribution in [2.24, 2.45) is 0 Å². The van der Waals surface area contributed by atoms with Crippen molar-refractivity contribution in [2.75, 3.05) is 0 Å². The molecule has 0 aliphatic carbocycles. The Morgan fingerprint density at radius 2 is 2.06 bits per heavy atom. The van der Waals surface area contributed by atoms with Gasteiger partial charge in [0, 0.05) is 22.7 Å². The highest BCUT2D eigenvalue weighted by atomic mass is 32.2. The van der Waals surface area contributed by atoms with Crippen LogP contribution in [0.5, 0.6) is 0 Å². The number of thioether (sulfide) groups is 1. The Morgan fingerprint density at radius 3 is 2.72 bits per heavy atom. The molecule has 0 saturated carbocycles. The van der Waals surface area contributed by atoms with Gasteiger partial charge < -0.3 is 4.57 Å². The molecule has 0 amide bonds. The SMILES string of the molecule is CC(=O)c1cc(C)n2c1CS[C@@H]2c1ccccc1. The first kappa shape index (κ1) is 11.6. The summed E-state index contributed by atoms with van der Waals surface area (Å²) in [7, 11) is 0. The molecule has 1 atom stereocenters. The molecule has 2 heterocycles. The minimum atomic E-state index is 0.168. The standard InChI is InChI=1S/C15H15NOS/c1-10-8-13(11(2)17)14-9-18-15(16(10)14)12-6-4-3-5-7-12/h3-8,15H,9H2,1-2H3/t15-/m1/s1. The van der Waals surface area contributed by atoms with Crippen LogP contribution < -0.4 is 0 Å². The van der Waals surface area contributed by atoms with Crippen LogP contribution in [0.4, 0.5) is 0 Å². The number of fused-ring (bicyclic) bond motifs is 1. The number of Topliss-reactive ketones (excluding diaryl/α,β-unsaturated/α-hetero) is 1. The van der Waals surface area contributed by atoms with Crippen LogP contribution in [-0.4, -0.2) is 10.4 Å². The zero-order valence-corrected chi connectivity index (χ0v) is 11.3. The first-order chi connectivity index (χ1) is 8.68. The number of rotatable bonds is 2. The monoisotopic (exact) mass is 257 g/mol. The smallest absolute Gasteiger partial charge is 0.161 e. The third kappa shape index (κ3) is 1.70. The van der Waals surface area contributed by atoms with E-state index in [1.807, 2.05) is 23.9 Å². The summed E-state index contributed by atoms with van der Waals surface area (Å²) in [5.41, 5.74) is 4.54. The number of hydrogen-bond acceptors (Lipinski definition) is 2. The Bertz CT molecular complexity index is 600. The molecular formula is C15H15NOS. The van der Waals surface area contributed by atoms with Crippen LogP contribution >= 0.6 is 11.8 Å². The van der Waals surface area contributed by atoms with Gasteiger partial charge in [-0.25, -0.2) is 0 Å². The Morgan fingerprint density at radius 1 is 1.33 bits per heavy atom. The van der Waals surface area contributed by atoms with E-state index in [-0.39, 0.29) is 5.78 Å². The van der Waals surface area contributed by atoms with E-state index in [0.29, 0.717) is 5.37 Å². The Labute approximate surface area is 111 Å². The summed E-state index contributed by atoms with van der Waals surface area (Å²) in [4.78, 5) is 11.6. The van der Waals surface area contributed by atoms with Crippen molar-refractivity contribution in [3.8, 4) is 0 Å². The van der Waals surface area contributed by atoms with Crippen LogP contribution in [0.25, 0.3) is 0 Å².